The molecule has 27 heavy (non-hydrogen) atoms. The highest BCUT2D eigenvalue weighted by molar-refractivity contribution is 5.76. The normalized spacial score (nSPS) is 14.2. The lowest BCUT2D eigenvalue weighted by molar-refractivity contribution is -0.132. The number of amides is 1. The minimum atomic E-state index is 0.0846. The Bertz CT molecular complexity index is 858. The number of anilines is 3. The van der Waals surface area contributed by atoms with Crippen LogP contribution in [0.15, 0.2) is 55.1 Å². The highest BCUT2D eigenvalue weighted by Crippen LogP contribution is 2.17. The van der Waals surface area contributed by atoms with E-state index < -0.39 is 0 Å². The van der Waals surface area contributed by atoms with Gasteiger partial charge in [0.1, 0.15) is 6.54 Å². The number of rotatable bonds is 5. The van der Waals surface area contributed by atoms with Gasteiger partial charge in [0, 0.05) is 56.7 Å². The van der Waals surface area contributed by atoms with Crippen molar-refractivity contribution in [2.45, 2.75) is 6.54 Å². The molecule has 9 heteroatoms. The standard InChI is InChI=1S/C18H20N8O/c27-18(14-26-9-1-6-20-26)25-12-10-24(11-13-25)17-3-2-16(22-23-17)21-15-4-7-19-8-5-15/h1-9H,10-14H2,(H,19,21,22). The number of pyridine rings is 1. The maximum absolute atomic E-state index is 12.3. The molecule has 3 aromatic heterocycles. The van der Waals surface area contributed by atoms with Crippen LogP contribution in [0.5, 0.6) is 0 Å². The number of carbonyl (C=O) groups is 1. The maximum atomic E-state index is 12.3. The van der Waals surface area contributed by atoms with Crippen molar-refractivity contribution in [2.75, 3.05) is 36.4 Å². The molecule has 1 aliphatic heterocycles. The zero-order chi connectivity index (χ0) is 18.5. The van der Waals surface area contributed by atoms with Crippen LogP contribution in [0.4, 0.5) is 17.3 Å². The number of aromatic nitrogens is 5. The van der Waals surface area contributed by atoms with Gasteiger partial charge in [0.25, 0.3) is 0 Å². The minimum Gasteiger partial charge on any atom is -0.352 e. The SMILES string of the molecule is O=C(Cn1cccn1)N1CCN(c2ccc(Nc3ccncc3)nn2)CC1. The first kappa shape index (κ1) is 17.0. The molecule has 0 spiro atoms. The quantitative estimate of drug-likeness (QED) is 0.726. The predicted molar refractivity (Wildman–Crippen MR) is 101 cm³/mol. The summed E-state index contributed by atoms with van der Waals surface area (Å²) < 4.78 is 1.65. The summed E-state index contributed by atoms with van der Waals surface area (Å²) in [6.07, 6.45) is 6.91. The second kappa shape index (κ2) is 7.81. The number of nitrogens with one attached hydrogen (secondary N) is 1. The van der Waals surface area contributed by atoms with Gasteiger partial charge in [-0.05, 0) is 30.3 Å². The van der Waals surface area contributed by atoms with Gasteiger partial charge in [-0.2, -0.15) is 5.10 Å². The zero-order valence-electron chi connectivity index (χ0n) is 14.8. The van der Waals surface area contributed by atoms with E-state index in [9.17, 15) is 4.79 Å². The third-order valence-electron chi connectivity index (χ3n) is 4.42. The molecule has 1 saturated heterocycles. The van der Waals surface area contributed by atoms with E-state index >= 15 is 0 Å². The van der Waals surface area contributed by atoms with Gasteiger partial charge in [-0.1, -0.05) is 0 Å². The van der Waals surface area contributed by atoms with Crippen LogP contribution < -0.4 is 10.2 Å². The average molecular weight is 364 g/mol. The van der Waals surface area contributed by atoms with Gasteiger partial charge >= 0.3 is 0 Å². The maximum Gasteiger partial charge on any atom is 0.244 e. The van der Waals surface area contributed by atoms with Crippen molar-refractivity contribution >= 4 is 23.2 Å². The van der Waals surface area contributed by atoms with Crippen LogP contribution in [0.3, 0.4) is 0 Å². The van der Waals surface area contributed by atoms with E-state index in [-0.39, 0.29) is 12.5 Å². The molecule has 0 atom stereocenters. The van der Waals surface area contributed by atoms with Crippen molar-refractivity contribution in [3.8, 4) is 0 Å². The van der Waals surface area contributed by atoms with Crippen LogP contribution in [-0.2, 0) is 11.3 Å². The smallest absolute Gasteiger partial charge is 0.244 e. The van der Waals surface area contributed by atoms with Gasteiger partial charge in [0.05, 0.1) is 0 Å². The van der Waals surface area contributed by atoms with E-state index in [0.29, 0.717) is 18.9 Å². The molecule has 138 valence electrons. The summed E-state index contributed by atoms with van der Waals surface area (Å²) in [7, 11) is 0. The fourth-order valence-electron chi connectivity index (χ4n) is 2.96. The Hall–Kier alpha value is -3.49. The Morgan fingerprint density at radius 2 is 1.81 bits per heavy atom. The minimum absolute atomic E-state index is 0.0846. The summed E-state index contributed by atoms with van der Waals surface area (Å²) in [4.78, 5) is 20.3. The highest BCUT2D eigenvalue weighted by Gasteiger charge is 2.22. The van der Waals surface area contributed by atoms with Gasteiger partial charge in [-0.15, -0.1) is 10.2 Å². The average Bonchev–Trinajstić information content (AvgIpc) is 3.22. The Morgan fingerprint density at radius 3 is 2.48 bits per heavy atom. The summed E-state index contributed by atoms with van der Waals surface area (Å²) in [5.74, 6) is 1.58. The Kier molecular flexibility index (Phi) is 4.91. The van der Waals surface area contributed by atoms with Crippen molar-refractivity contribution in [1.82, 2.24) is 29.9 Å². The van der Waals surface area contributed by atoms with Crippen molar-refractivity contribution in [3.05, 3.63) is 55.1 Å². The summed E-state index contributed by atoms with van der Waals surface area (Å²) in [5.41, 5.74) is 0.913. The number of nitrogens with zero attached hydrogens (tertiary/aromatic N) is 7. The molecule has 1 fully saturated rings. The molecule has 4 heterocycles. The van der Waals surface area contributed by atoms with E-state index in [4.69, 9.17) is 0 Å². The summed E-state index contributed by atoms with van der Waals surface area (Å²) in [6, 6.07) is 9.40. The zero-order valence-corrected chi connectivity index (χ0v) is 14.8. The fourth-order valence-corrected chi connectivity index (χ4v) is 2.96. The van der Waals surface area contributed by atoms with E-state index in [2.05, 4.69) is 30.5 Å². The van der Waals surface area contributed by atoms with Crippen molar-refractivity contribution in [3.63, 3.8) is 0 Å². The molecule has 0 saturated carbocycles. The van der Waals surface area contributed by atoms with Crippen LogP contribution in [0.2, 0.25) is 0 Å². The Labute approximate surface area is 156 Å². The first-order chi connectivity index (χ1) is 13.3. The number of hydrogen-bond donors (Lipinski definition) is 1. The molecular formula is C18H20N8O. The van der Waals surface area contributed by atoms with Crippen LogP contribution in [0.25, 0.3) is 0 Å². The molecule has 0 unspecified atom stereocenters. The van der Waals surface area contributed by atoms with E-state index in [1.807, 2.05) is 35.2 Å². The van der Waals surface area contributed by atoms with E-state index in [1.165, 1.54) is 0 Å². The van der Waals surface area contributed by atoms with Crippen LogP contribution in [-0.4, -0.2) is 61.9 Å². The molecule has 4 rings (SSSR count). The number of carbonyl (C=O) groups excluding carboxylic acids is 1. The van der Waals surface area contributed by atoms with Gasteiger partial charge in [-0.25, -0.2) is 0 Å². The largest absolute Gasteiger partial charge is 0.352 e. The number of hydrogen-bond acceptors (Lipinski definition) is 7. The first-order valence-corrected chi connectivity index (χ1v) is 8.79. The molecule has 0 bridgehead atoms. The first-order valence-electron chi connectivity index (χ1n) is 8.79. The van der Waals surface area contributed by atoms with Gasteiger partial charge < -0.3 is 15.1 Å². The lowest BCUT2D eigenvalue weighted by Gasteiger charge is -2.35. The summed E-state index contributed by atoms with van der Waals surface area (Å²) in [5, 5.41) is 15.8. The van der Waals surface area contributed by atoms with Crippen LogP contribution in [0, 0.1) is 0 Å². The summed E-state index contributed by atoms with van der Waals surface area (Å²) >= 11 is 0. The Morgan fingerprint density at radius 1 is 1.00 bits per heavy atom. The molecule has 3 aromatic rings. The predicted octanol–water partition coefficient (Wildman–Crippen LogP) is 1.16. The molecule has 1 N–H and O–H groups in total. The topological polar surface area (TPSA) is 92.1 Å². The highest BCUT2D eigenvalue weighted by atomic mass is 16.2. The molecule has 0 aliphatic carbocycles. The van der Waals surface area contributed by atoms with E-state index in [1.54, 1.807) is 29.5 Å². The molecule has 9 nitrogen and oxygen atoms in total. The fraction of sp³-hybridized carbons (Fsp3) is 0.278. The second-order valence-corrected chi connectivity index (χ2v) is 6.21. The lowest BCUT2D eigenvalue weighted by Crippen LogP contribution is -2.49. The van der Waals surface area contributed by atoms with Crippen molar-refractivity contribution < 1.29 is 4.79 Å². The number of piperazine rings is 1. The molecular weight excluding hydrogens is 344 g/mol. The van der Waals surface area contributed by atoms with Crippen molar-refractivity contribution in [2.24, 2.45) is 0 Å². The Balaban J connectivity index is 1.31. The molecule has 0 radical (unpaired) electrons. The third kappa shape index (κ3) is 4.20. The molecule has 0 aromatic carbocycles. The van der Waals surface area contributed by atoms with Gasteiger partial charge in [0.15, 0.2) is 11.6 Å². The lowest BCUT2D eigenvalue weighted by atomic mass is 10.3. The van der Waals surface area contributed by atoms with Gasteiger partial charge in [0.2, 0.25) is 5.91 Å². The van der Waals surface area contributed by atoms with Crippen LogP contribution >= 0.6 is 0 Å². The molecule has 1 aliphatic rings. The monoisotopic (exact) mass is 364 g/mol. The molecule has 1 amide bonds. The van der Waals surface area contributed by atoms with E-state index in [0.717, 1.165) is 24.6 Å². The second-order valence-electron chi connectivity index (χ2n) is 6.21. The van der Waals surface area contributed by atoms with Crippen molar-refractivity contribution in [1.29, 1.82) is 0 Å². The van der Waals surface area contributed by atoms with Crippen LogP contribution in [0.1, 0.15) is 0 Å². The third-order valence-corrected chi connectivity index (χ3v) is 4.42. The summed E-state index contributed by atoms with van der Waals surface area (Å²) in [6.45, 7) is 3.08. The van der Waals surface area contributed by atoms with Gasteiger partial charge in [-0.3, -0.25) is 14.5 Å².